The van der Waals surface area contributed by atoms with Crippen molar-refractivity contribution in [3.63, 3.8) is 0 Å². The predicted molar refractivity (Wildman–Crippen MR) is 90.9 cm³/mol. The van der Waals surface area contributed by atoms with E-state index in [1.807, 2.05) is 17.0 Å². The van der Waals surface area contributed by atoms with E-state index >= 15 is 0 Å². The molecule has 2 aliphatic rings. The highest BCUT2D eigenvalue weighted by molar-refractivity contribution is 6.03. The van der Waals surface area contributed by atoms with Crippen LogP contribution in [0.2, 0.25) is 0 Å². The van der Waals surface area contributed by atoms with Gasteiger partial charge in [-0.3, -0.25) is 4.79 Å². The summed E-state index contributed by atoms with van der Waals surface area (Å²) in [4.78, 5) is 14.2. The number of nitrogens with two attached hydrogens (primary N) is 1. The van der Waals surface area contributed by atoms with Crippen LogP contribution in [0.15, 0.2) is 18.2 Å². The molecule has 1 heterocycles. The zero-order chi connectivity index (χ0) is 16.4. The molecule has 0 aromatic heterocycles. The van der Waals surface area contributed by atoms with Gasteiger partial charge in [-0.2, -0.15) is 0 Å². The van der Waals surface area contributed by atoms with Crippen LogP contribution in [-0.2, 0) is 4.79 Å². The third-order valence-electron chi connectivity index (χ3n) is 4.67. The van der Waals surface area contributed by atoms with Gasteiger partial charge in [0.25, 0.3) is 0 Å². The minimum atomic E-state index is 0.288. The lowest BCUT2D eigenvalue weighted by atomic mass is 9.98. The van der Waals surface area contributed by atoms with Crippen LogP contribution < -0.4 is 10.5 Å². The molecule has 1 aromatic carbocycles. The SMILES string of the molecule is CC(=N)c1c(N)cccc1OCC1CCCN(C(=O)C2CC2)C1. The second-order valence-electron chi connectivity index (χ2n) is 6.72. The van der Waals surface area contributed by atoms with E-state index in [0.29, 0.717) is 41.1 Å². The van der Waals surface area contributed by atoms with Crippen LogP contribution in [0.4, 0.5) is 5.69 Å². The van der Waals surface area contributed by atoms with E-state index in [9.17, 15) is 4.79 Å². The van der Waals surface area contributed by atoms with Crippen molar-refractivity contribution in [3.8, 4) is 5.75 Å². The van der Waals surface area contributed by atoms with E-state index in [2.05, 4.69) is 0 Å². The Labute approximate surface area is 137 Å². The van der Waals surface area contributed by atoms with Gasteiger partial charge in [0.15, 0.2) is 0 Å². The monoisotopic (exact) mass is 315 g/mol. The summed E-state index contributed by atoms with van der Waals surface area (Å²) in [5.41, 5.74) is 7.62. The molecule has 2 fully saturated rings. The van der Waals surface area contributed by atoms with E-state index in [-0.39, 0.29) is 5.92 Å². The van der Waals surface area contributed by atoms with Crippen molar-refractivity contribution in [2.24, 2.45) is 11.8 Å². The molecule has 3 rings (SSSR count). The Hall–Kier alpha value is -2.04. The summed E-state index contributed by atoms with van der Waals surface area (Å²) in [6, 6.07) is 5.50. The third-order valence-corrected chi connectivity index (χ3v) is 4.67. The van der Waals surface area contributed by atoms with Gasteiger partial charge in [0.05, 0.1) is 12.2 Å². The minimum absolute atomic E-state index is 0.288. The quantitative estimate of drug-likeness (QED) is 0.647. The summed E-state index contributed by atoms with van der Waals surface area (Å²) in [6.45, 7) is 3.96. The second kappa shape index (κ2) is 6.60. The van der Waals surface area contributed by atoms with Crippen LogP contribution in [0.3, 0.4) is 0 Å². The highest BCUT2D eigenvalue weighted by Crippen LogP contribution is 2.33. The first-order valence-corrected chi connectivity index (χ1v) is 8.42. The molecule has 0 radical (unpaired) electrons. The largest absolute Gasteiger partial charge is 0.492 e. The minimum Gasteiger partial charge on any atom is -0.492 e. The maximum atomic E-state index is 12.2. The zero-order valence-electron chi connectivity index (χ0n) is 13.7. The summed E-state index contributed by atoms with van der Waals surface area (Å²) in [7, 11) is 0. The second-order valence-corrected chi connectivity index (χ2v) is 6.72. The van der Waals surface area contributed by atoms with Crippen LogP contribution in [-0.4, -0.2) is 36.2 Å². The molecule has 5 heteroatoms. The van der Waals surface area contributed by atoms with Crippen molar-refractivity contribution in [1.82, 2.24) is 4.90 Å². The van der Waals surface area contributed by atoms with E-state index in [0.717, 1.165) is 38.8 Å². The van der Waals surface area contributed by atoms with E-state index in [1.54, 1.807) is 13.0 Å². The van der Waals surface area contributed by atoms with Crippen molar-refractivity contribution < 1.29 is 9.53 Å². The number of nitrogens with one attached hydrogen (secondary N) is 1. The molecule has 1 aromatic rings. The van der Waals surface area contributed by atoms with Crippen LogP contribution in [0.1, 0.15) is 38.2 Å². The number of rotatable bonds is 5. The van der Waals surface area contributed by atoms with Crippen LogP contribution in [0.5, 0.6) is 5.75 Å². The molecule has 124 valence electrons. The molecule has 1 aliphatic carbocycles. The summed E-state index contributed by atoms with van der Waals surface area (Å²) in [5.74, 6) is 1.64. The molecule has 1 saturated heterocycles. The number of hydrogen-bond acceptors (Lipinski definition) is 4. The van der Waals surface area contributed by atoms with Crippen LogP contribution in [0.25, 0.3) is 0 Å². The summed E-state index contributed by atoms with van der Waals surface area (Å²) < 4.78 is 5.96. The molecule has 3 N–H and O–H groups in total. The number of nitrogens with zero attached hydrogens (tertiary/aromatic N) is 1. The molecule has 1 atom stereocenters. The molecule has 0 bridgehead atoms. The Morgan fingerprint density at radius 1 is 1.39 bits per heavy atom. The normalized spacial score (nSPS) is 21.1. The van der Waals surface area contributed by atoms with Crippen molar-refractivity contribution in [1.29, 1.82) is 5.41 Å². The number of amides is 1. The van der Waals surface area contributed by atoms with Gasteiger partial charge in [0.1, 0.15) is 5.75 Å². The van der Waals surface area contributed by atoms with Gasteiger partial charge in [-0.05, 0) is 44.7 Å². The molecule has 1 amide bonds. The molecular formula is C18H25N3O2. The highest BCUT2D eigenvalue weighted by atomic mass is 16.5. The molecule has 1 aliphatic heterocycles. The van der Waals surface area contributed by atoms with Crippen LogP contribution in [0, 0.1) is 17.2 Å². The number of carbonyl (C=O) groups excluding carboxylic acids is 1. The van der Waals surface area contributed by atoms with Crippen molar-refractivity contribution in [2.45, 2.75) is 32.6 Å². The number of benzene rings is 1. The number of ether oxygens (including phenoxy) is 1. The number of hydrogen-bond donors (Lipinski definition) is 2. The van der Waals surface area contributed by atoms with Crippen molar-refractivity contribution in [3.05, 3.63) is 23.8 Å². The fourth-order valence-electron chi connectivity index (χ4n) is 3.27. The molecule has 0 spiro atoms. The van der Waals surface area contributed by atoms with Gasteiger partial charge in [0.2, 0.25) is 5.91 Å². The number of nitrogen functional groups attached to an aromatic ring is 1. The highest BCUT2D eigenvalue weighted by Gasteiger charge is 2.35. The van der Waals surface area contributed by atoms with Gasteiger partial charge < -0.3 is 20.8 Å². The first kappa shape index (κ1) is 15.8. The fraction of sp³-hybridized carbons (Fsp3) is 0.556. The number of anilines is 1. The van der Waals surface area contributed by atoms with E-state index in [4.69, 9.17) is 15.9 Å². The van der Waals surface area contributed by atoms with Crippen LogP contribution >= 0.6 is 0 Å². The van der Waals surface area contributed by atoms with E-state index < -0.39 is 0 Å². The molecule has 1 saturated carbocycles. The van der Waals surface area contributed by atoms with Gasteiger partial charge in [-0.15, -0.1) is 0 Å². The van der Waals surface area contributed by atoms with Crippen molar-refractivity contribution in [2.75, 3.05) is 25.4 Å². The first-order valence-electron chi connectivity index (χ1n) is 8.42. The number of carbonyl (C=O) groups is 1. The Balaban J connectivity index is 1.61. The Morgan fingerprint density at radius 2 is 2.17 bits per heavy atom. The lowest BCUT2D eigenvalue weighted by molar-refractivity contribution is -0.134. The molecule has 5 nitrogen and oxygen atoms in total. The third kappa shape index (κ3) is 3.66. The molecular weight excluding hydrogens is 290 g/mol. The van der Waals surface area contributed by atoms with E-state index in [1.165, 1.54) is 0 Å². The average Bonchev–Trinajstić information content (AvgIpc) is 3.37. The summed E-state index contributed by atoms with van der Waals surface area (Å²) in [6.07, 6.45) is 4.24. The zero-order valence-corrected chi connectivity index (χ0v) is 13.7. The predicted octanol–water partition coefficient (Wildman–Crippen LogP) is 2.68. The smallest absolute Gasteiger partial charge is 0.225 e. The lowest BCUT2D eigenvalue weighted by Gasteiger charge is -2.33. The summed E-state index contributed by atoms with van der Waals surface area (Å²) in [5, 5.41) is 7.87. The van der Waals surface area contributed by atoms with Gasteiger partial charge >= 0.3 is 0 Å². The number of likely N-dealkylation sites (tertiary alicyclic amines) is 1. The topological polar surface area (TPSA) is 79.4 Å². The van der Waals surface area contributed by atoms with Crippen molar-refractivity contribution >= 4 is 17.3 Å². The number of piperidine rings is 1. The van der Waals surface area contributed by atoms with Gasteiger partial charge in [0, 0.05) is 36.3 Å². The molecule has 23 heavy (non-hydrogen) atoms. The van der Waals surface area contributed by atoms with Gasteiger partial charge in [-0.1, -0.05) is 6.07 Å². The maximum Gasteiger partial charge on any atom is 0.225 e. The summed E-state index contributed by atoms with van der Waals surface area (Å²) >= 11 is 0. The first-order chi connectivity index (χ1) is 11.1. The van der Waals surface area contributed by atoms with Gasteiger partial charge in [-0.25, -0.2) is 0 Å². The lowest BCUT2D eigenvalue weighted by Crippen LogP contribution is -2.42. The Bertz CT molecular complexity index is 610. The standard InChI is InChI=1S/C18H25N3O2/c1-12(19)17-15(20)5-2-6-16(17)23-11-13-4-3-9-21(10-13)18(22)14-7-8-14/h2,5-6,13-14,19H,3-4,7-11,20H2,1H3. The molecule has 1 unspecified atom stereocenters. The fourth-order valence-corrected chi connectivity index (χ4v) is 3.27. The Morgan fingerprint density at radius 3 is 2.87 bits per heavy atom. The maximum absolute atomic E-state index is 12.2. The Kier molecular flexibility index (Phi) is 4.55. The average molecular weight is 315 g/mol.